The van der Waals surface area contributed by atoms with Gasteiger partial charge in [-0.25, -0.2) is 4.79 Å². The molecule has 0 atom stereocenters. The van der Waals surface area contributed by atoms with Crippen molar-refractivity contribution < 1.29 is 9.32 Å². The number of benzene rings is 2. The van der Waals surface area contributed by atoms with Gasteiger partial charge in [0.05, 0.1) is 38.7 Å². The van der Waals surface area contributed by atoms with E-state index in [2.05, 4.69) is 15.5 Å². The molecule has 8 nitrogen and oxygen atoms in total. The summed E-state index contributed by atoms with van der Waals surface area (Å²) >= 11 is 6.04. The number of aromatic nitrogens is 4. The lowest BCUT2D eigenvalue weighted by atomic mass is 9.85. The molecule has 0 aliphatic heterocycles. The Balaban J connectivity index is 1.20. The van der Waals surface area contributed by atoms with Crippen molar-refractivity contribution in [3.8, 4) is 5.69 Å². The van der Waals surface area contributed by atoms with Crippen molar-refractivity contribution >= 4 is 39.5 Å². The van der Waals surface area contributed by atoms with Gasteiger partial charge in [-0.05, 0) is 75.8 Å². The van der Waals surface area contributed by atoms with Crippen molar-refractivity contribution in [2.24, 2.45) is 5.92 Å². The van der Waals surface area contributed by atoms with Gasteiger partial charge in [0.15, 0.2) is 5.58 Å². The number of fused-ring (bicyclic) bond motifs is 2. The second-order valence-corrected chi connectivity index (χ2v) is 10.6. The molecule has 1 aliphatic rings. The van der Waals surface area contributed by atoms with Crippen LogP contribution in [0.5, 0.6) is 0 Å². The third kappa shape index (κ3) is 4.39. The van der Waals surface area contributed by atoms with Gasteiger partial charge in [0.25, 0.3) is 5.91 Å². The molecule has 1 aliphatic carbocycles. The molecule has 194 valence electrons. The molecule has 38 heavy (non-hydrogen) atoms. The van der Waals surface area contributed by atoms with Gasteiger partial charge < -0.3 is 9.84 Å². The molecular weight excluding hydrogens is 502 g/mol. The van der Waals surface area contributed by atoms with E-state index in [1.54, 1.807) is 23.8 Å². The van der Waals surface area contributed by atoms with E-state index in [1.165, 1.54) is 0 Å². The van der Waals surface area contributed by atoms with Gasteiger partial charge >= 0.3 is 5.69 Å². The summed E-state index contributed by atoms with van der Waals surface area (Å²) < 4.78 is 9.09. The Hall–Kier alpha value is -3.91. The Morgan fingerprint density at radius 2 is 1.82 bits per heavy atom. The third-order valence-electron chi connectivity index (χ3n) is 7.65. The quantitative estimate of drug-likeness (QED) is 0.320. The maximum atomic E-state index is 13.7. The van der Waals surface area contributed by atoms with Crippen LogP contribution in [0.15, 0.2) is 64.0 Å². The van der Waals surface area contributed by atoms with Crippen molar-refractivity contribution in [1.29, 1.82) is 0 Å². The summed E-state index contributed by atoms with van der Waals surface area (Å²) in [7, 11) is 0. The molecule has 2 aromatic carbocycles. The molecule has 0 unspecified atom stereocenters. The fourth-order valence-electron chi connectivity index (χ4n) is 5.57. The van der Waals surface area contributed by atoms with Crippen molar-refractivity contribution in [3.63, 3.8) is 0 Å². The van der Waals surface area contributed by atoms with Crippen LogP contribution in [0.2, 0.25) is 5.02 Å². The minimum absolute atomic E-state index is 0.0684. The number of nitrogens with zero attached hydrogens (tertiary/aromatic N) is 4. The summed E-state index contributed by atoms with van der Waals surface area (Å²) in [5, 5.41) is 8.58. The molecule has 5 aromatic rings. The summed E-state index contributed by atoms with van der Waals surface area (Å²) in [5.41, 5.74) is 5.11. The molecule has 0 saturated heterocycles. The monoisotopic (exact) mass is 529 g/mol. The molecule has 1 fully saturated rings. The van der Waals surface area contributed by atoms with Crippen LogP contribution in [0.4, 0.5) is 0 Å². The van der Waals surface area contributed by atoms with Gasteiger partial charge in [0.2, 0.25) is 0 Å². The van der Waals surface area contributed by atoms with Gasteiger partial charge in [-0.15, -0.1) is 0 Å². The number of para-hydroxylation sites is 2. The number of pyridine rings is 1. The van der Waals surface area contributed by atoms with Gasteiger partial charge in [0.1, 0.15) is 0 Å². The predicted molar refractivity (Wildman–Crippen MR) is 147 cm³/mol. The standard InChI is InChI=1S/C29H28ClN5O3/c1-17-24(13-20(30)15-31-17)28(36)32-21-9-7-19(8-10-21)16-34-25-5-3-4-6-26(25)35(29(34)37)22-11-12-23-18(2)33-38-27(23)14-22/h3-6,11-15,19,21H,7-10,16H2,1-2H3,(H,32,36)/t19-,21-. The zero-order valence-electron chi connectivity index (χ0n) is 21.3. The first-order valence-corrected chi connectivity index (χ1v) is 13.3. The number of hydrogen-bond donors (Lipinski definition) is 1. The summed E-state index contributed by atoms with van der Waals surface area (Å²) in [6.45, 7) is 4.34. The molecule has 0 radical (unpaired) electrons. The van der Waals surface area contributed by atoms with E-state index in [9.17, 15) is 9.59 Å². The van der Waals surface area contributed by atoms with Crippen LogP contribution >= 0.6 is 11.6 Å². The van der Waals surface area contributed by atoms with Gasteiger partial charge in [-0.2, -0.15) is 0 Å². The molecule has 0 spiro atoms. The molecule has 6 rings (SSSR count). The molecule has 9 heteroatoms. The smallest absolute Gasteiger partial charge is 0.333 e. The molecule has 1 N–H and O–H groups in total. The number of rotatable bonds is 5. The Labute approximate surface area is 224 Å². The average molecular weight is 530 g/mol. The molecule has 1 amide bonds. The number of aryl methyl sites for hydroxylation is 2. The van der Waals surface area contributed by atoms with Crippen LogP contribution in [-0.2, 0) is 6.54 Å². The number of carbonyl (C=O) groups excluding carboxylic acids is 1. The summed E-state index contributed by atoms with van der Waals surface area (Å²) in [6, 6.07) is 15.4. The highest BCUT2D eigenvalue weighted by molar-refractivity contribution is 6.30. The molecule has 3 aromatic heterocycles. The predicted octanol–water partition coefficient (Wildman–Crippen LogP) is 5.59. The Bertz CT molecular complexity index is 1730. The molecule has 0 bridgehead atoms. The minimum Gasteiger partial charge on any atom is -0.356 e. The fourth-order valence-corrected chi connectivity index (χ4v) is 5.73. The van der Waals surface area contributed by atoms with Crippen LogP contribution in [0, 0.1) is 19.8 Å². The lowest BCUT2D eigenvalue weighted by molar-refractivity contribution is 0.0919. The highest BCUT2D eigenvalue weighted by atomic mass is 35.5. The fraction of sp³-hybridized carbons (Fsp3) is 0.310. The van der Waals surface area contributed by atoms with Crippen molar-refractivity contribution in [2.75, 3.05) is 0 Å². The van der Waals surface area contributed by atoms with Crippen molar-refractivity contribution in [2.45, 2.75) is 52.1 Å². The number of carbonyl (C=O) groups is 1. The third-order valence-corrected chi connectivity index (χ3v) is 7.86. The Morgan fingerprint density at radius 1 is 1.05 bits per heavy atom. The molecular formula is C29H28ClN5O3. The Morgan fingerprint density at radius 3 is 2.61 bits per heavy atom. The van der Waals surface area contributed by atoms with Gasteiger partial charge in [-0.3, -0.25) is 18.9 Å². The first-order chi connectivity index (χ1) is 18.4. The minimum atomic E-state index is -0.140. The topological polar surface area (TPSA) is 95.0 Å². The van der Waals surface area contributed by atoms with Gasteiger partial charge in [0, 0.05) is 30.2 Å². The number of amides is 1. The maximum absolute atomic E-state index is 13.7. The second-order valence-electron chi connectivity index (χ2n) is 10.1. The summed E-state index contributed by atoms with van der Waals surface area (Å²) in [5.74, 6) is 0.202. The lowest BCUT2D eigenvalue weighted by Gasteiger charge is -2.29. The number of imidazole rings is 1. The van der Waals surface area contributed by atoms with Crippen LogP contribution in [0.3, 0.4) is 0 Å². The van der Waals surface area contributed by atoms with Crippen molar-refractivity contribution in [1.82, 2.24) is 24.6 Å². The van der Waals surface area contributed by atoms with Crippen LogP contribution in [-0.4, -0.2) is 31.2 Å². The Kier molecular flexibility index (Phi) is 6.27. The van der Waals surface area contributed by atoms with E-state index in [0.717, 1.165) is 53.5 Å². The maximum Gasteiger partial charge on any atom is 0.333 e. The normalized spacial score (nSPS) is 17.8. The van der Waals surface area contributed by atoms with Crippen LogP contribution in [0.1, 0.15) is 47.4 Å². The summed E-state index contributed by atoms with van der Waals surface area (Å²) in [4.78, 5) is 30.7. The van der Waals surface area contributed by atoms with Crippen LogP contribution < -0.4 is 11.0 Å². The first-order valence-electron chi connectivity index (χ1n) is 12.9. The lowest BCUT2D eigenvalue weighted by Crippen LogP contribution is -2.39. The molecule has 1 saturated carbocycles. The largest absolute Gasteiger partial charge is 0.356 e. The highest BCUT2D eigenvalue weighted by Gasteiger charge is 2.26. The first kappa shape index (κ1) is 24.4. The zero-order chi connectivity index (χ0) is 26.4. The van der Waals surface area contributed by atoms with E-state index in [0.29, 0.717) is 34.3 Å². The van der Waals surface area contributed by atoms with E-state index < -0.39 is 0 Å². The number of halogens is 1. The van der Waals surface area contributed by atoms with E-state index in [-0.39, 0.29) is 17.6 Å². The summed E-state index contributed by atoms with van der Waals surface area (Å²) in [6.07, 6.45) is 5.11. The van der Waals surface area contributed by atoms with Gasteiger partial charge in [-0.1, -0.05) is 28.9 Å². The number of hydrogen-bond acceptors (Lipinski definition) is 5. The second kappa shape index (κ2) is 9.76. The van der Waals surface area contributed by atoms with Crippen molar-refractivity contribution in [3.05, 3.63) is 87.2 Å². The van der Waals surface area contributed by atoms with E-state index >= 15 is 0 Å². The highest BCUT2D eigenvalue weighted by Crippen LogP contribution is 2.28. The van der Waals surface area contributed by atoms with E-state index in [4.69, 9.17) is 16.1 Å². The SMILES string of the molecule is Cc1ncc(Cl)cc1C(=O)N[C@H]1CC[C@H](Cn2c(=O)n(-c3ccc4c(C)noc4c3)c3ccccc32)CC1. The molecule has 3 heterocycles. The van der Waals surface area contributed by atoms with E-state index in [1.807, 2.05) is 54.0 Å². The number of nitrogens with one attached hydrogen (secondary N) is 1. The van der Waals surface area contributed by atoms with Crippen LogP contribution in [0.25, 0.3) is 27.7 Å². The average Bonchev–Trinajstić information content (AvgIpc) is 3.42. The zero-order valence-corrected chi connectivity index (χ0v) is 22.0.